The number of hydrogen-bond acceptors (Lipinski definition) is 4. The van der Waals surface area contributed by atoms with E-state index in [9.17, 15) is 9.59 Å². The number of aromatic nitrogens is 2. The minimum Gasteiger partial charge on any atom is -0.493 e. The lowest BCUT2D eigenvalue weighted by Gasteiger charge is -2.17. The minimum absolute atomic E-state index is 0.0414. The average molecular weight is 426 g/mol. The molecule has 0 saturated heterocycles. The van der Waals surface area contributed by atoms with E-state index in [1.54, 1.807) is 18.7 Å². The number of amides is 1. The second kappa shape index (κ2) is 10.2. The number of nitrogens with one attached hydrogen (secondary N) is 1. The molecule has 1 unspecified atom stereocenters. The second-order valence-corrected chi connectivity index (χ2v) is 7.67. The molecule has 0 radical (unpaired) electrons. The molecule has 0 aliphatic carbocycles. The topological polar surface area (TPSA) is 74.5 Å². The zero-order chi connectivity index (χ0) is 22.4. The van der Waals surface area contributed by atoms with E-state index in [1.807, 2.05) is 49.4 Å². The van der Waals surface area contributed by atoms with E-state index >= 15 is 0 Å². The van der Waals surface area contributed by atoms with Crippen molar-refractivity contribution in [3.05, 3.63) is 58.5 Å². The number of hydrogen-bond donors (Lipinski definition) is 1. The molecule has 31 heavy (non-hydrogen) atoms. The quantitative estimate of drug-likeness (QED) is 0.502. The molecule has 3 aromatic rings. The number of carbonyl (C=O) groups is 1. The normalized spacial score (nSPS) is 12.0. The highest BCUT2D eigenvalue weighted by molar-refractivity contribution is 5.81. The van der Waals surface area contributed by atoms with Crippen LogP contribution < -0.4 is 20.5 Å². The van der Waals surface area contributed by atoms with Crippen LogP contribution >= 0.6 is 0 Å². The summed E-state index contributed by atoms with van der Waals surface area (Å²) >= 11 is 0. The van der Waals surface area contributed by atoms with Crippen LogP contribution in [-0.2, 0) is 18.4 Å². The van der Waals surface area contributed by atoms with Gasteiger partial charge in [-0.25, -0.2) is 4.79 Å². The molecule has 0 spiro atoms. The average Bonchev–Trinajstić information content (AvgIpc) is 3.01. The summed E-state index contributed by atoms with van der Waals surface area (Å²) in [6.45, 7) is 4.66. The summed E-state index contributed by atoms with van der Waals surface area (Å²) in [6.07, 6.45) is 3.27. The fourth-order valence-electron chi connectivity index (χ4n) is 3.64. The molecular formula is C24H31N3O4. The first-order valence-corrected chi connectivity index (χ1v) is 10.7. The summed E-state index contributed by atoms with van der Waals surface area (Å²) in [7, 11) is 3.31. The number of methoxy groups -OCH3 is 1. The van der Waals surface area contributed by atoms with Crippen LogP contribution in [0, 0.1) is 0 Å². The molecule has 1 N–H and O–H groups in total. The van der Waals surface area contributed by atoms with E-state index < -0.39 is 0 Å². The van der Waals surface area contributed by atoms with E-state index in [2.05, 4.69) is 12.2 Å². The summed E-state index contributed by atoms with van der Waals surface area (Å²) < 4.78 is 14.3. The second-order valence-electron chi connectivity index (χ2n) is 7.67. The largest absolute Gasteiger partial charge is 0.493 e. The van der Waals surface area contributed by atoms with Crippen LogP contribution in [0.4, 0.5) is 0 Å². The molecule has 0 aliphatic rings. The Kier molecular flexibility index (Phi) is 7.39. The van der Waals surface area contributed by atoms with E-state index in [-0.39, 0.29) is 24.2 Å². The molecule has 1 amide bonds. The zero-order valence-corrected chi connectivity index (χ0v) is 18.7. The molecule has 166 valence electrons. The number of benzene rings is 2. The number of aryl methyl sites for hydroxylation is 1. The van der Waals surface area contributed by atoms with E-state index in [4.69, 9.17) is 9.47 Å². The lowest BCUT2D eigenvalue weighted by Crippen LogP contribution is -2.34. The van der Waals surface area contributed by atoms with Crippen molar-refractivity contribution in [1.82, 2.24) is 14.5 Å². The summed E-state index contributed by atoms with van der Waals surface area (Å²) in [4.78, 5) is 25.2. The standard InChI is InChI=1S/C24H31N3O4/c1-5-6-9-14-31-21-13-12-18(15-22(21)30-4)17(2)25-23(28)16-27-20-11-8-7-10-19(20)26(3)24(27)29/h7-8,10-13,15,17H,5-6,9,14,16H2,1-4H3,(H,25,28). The number of imidazole rings is 1. The third-order valence-electron chi connectivity index (χ3n) is 5.42. The van der Waals surface area contributed by atoms with Gasteiger partial charge in [-0.2, -0.15) is 0 Å². The fourth-order valence-corrected chi connectivity index (χ4v) is 3.64. The highest BCUT2D eigenvalue weighted by Crippen LogP contribution is 2.30. The summed E-state index contributed by atoms with van der Waals surface area (Å²) in [5.74, 6) is 1.10. The van der Waals surface area contributed by atoms with Crippen molar-refractivity contribution in [3.8, 4) is 11.5 Å². The Hall–Kier alpha value is -3.22. The molecule has 3 rings (SSSR count). The van der Waals surface area contributed by atoms with Gasteiger partial charge in [-0.3, -0.25) is 13.9 Å². The Morgan fingerprint density at radius 3 is 2.55 bits per heavy atom. The van der Waals surface area contributed by atoms with Crippen molar-refractivity contribution in [1.29, 1.82) is 0 Å². The van der Waals surface area contributed by atoms with Gasteiger partial charge in [0.25, 0.3) is 0 Å². The van der Waals surface area contributed by atoms with Gasteiger partial charge in [0.1, 0.15) is 6.54 Å². The van der Waals surface area contributed by atoms with Crippen LogP contribution in [0.15, 0.2) is 47.3 Å². The monoisotopic (exact) mass is 425 g/mol. The van der Waals surface area contributed by atoms with Crippen LogP contribution in [0.1, 0.15) is 44.7 Å². The van der Waals surface area contributed by atoms with Gasteiger partial charge in [0, 0.05) is 7.05 Å². The maximum absolute atomic E-state index is 12.7. The number of para-hydroxylation sites is 2. The first-order valence-electron chi connectivity index (χ1n) is 10.7. The number of unbranched alkanes of at least 4 members (excludes halogenated alkanes) is 2. The summed E-state index contributed by atoms with van der Waals surface area (Å²) in [5.41, 5.74) is 2.23. The number of ether oxygens (including phenoxy) is 2. The molecule has 0 saturated carbocycles. The Balaban J connectivity index is 1.69. The maximum Gasteiger partial charge on any atom is 0.329 e. The third kappa shape index (κ3) is 5.10. The highest BCUT2D eigenvalue weighted by Gasteiger charge is 2.16. The van der Waals surface area contributed by atoms with Gasteiger partial charge in [0.15, 0.2) is 11.5 Å². The van der Waals surface area contributed by atoms with Gasteiger partial charge in [-0.15, -0.1) is 0 Å². The predicted molar refractivity (Wildman–Crippen MR) is 122 cm³/mol. The van der Waals surface area contributed by atoms with Crippen molar-refractivity contribution in [2.75, 3.05) is 13.7 Å². The van der Waals surface area contributed by atoms with Crippen LogP contribution in [0.25, 0.3) is 11.0 Å². The number of carbonyl (C=O) groups excluding carboxylic acids is 1. The lowest BCUT2D eigenvalue weighted by molar-refractivity contribution is -0.122. The highest BCUT2D eigenvalue weighted by atomic mass is 16.5. The number of rotatable bonds is 10. The molecule has 1 aromatic heterocycles. The summed E-state index contributed by atoms with van der Waals surface area (Å²) in [5, 5.41) is 2.97. The van der Waals surface area contributed by atoms with Crippen molar-refractivity contribution >= 4 is 16.9 Å². The van der Waals surface area contributed by atoms with Crippen LogP contribution in [-0.4, -0.2) is 28.8 Å². The van der Waals surface area contributed by atoms with Gasteiger partial charge >= 0.3 is 5.69 Å². The smallest absolute Gasteiger partial charge is 0.329 e. The molecule has 1 heterocycles. The van der Waals surface area contributed by atoms with Crippen LogP contribution in [0.5, 0.6) is 11.5 Å². The molecule has 0 bridgehead atoms. The van der Waals surface area contributed by atoms with Gasteiger partial charge in [0.05, 0.1) is 30.8 Å². The Morgan fingerprint density at radius 2 is 1.84 bits per heavy atom. The van der Waals surface area contributed by atoms with Crippen molar-refractivity contribution < 1.29 is 14.3 Å². The van der Waals surface area contributed by atoms with Gasteiger partial charge in [0.2, 0.25) is 5.91 Å². The third-order valence-corrected chi connectivity index (χ3v) is 5.42. The molecule has 7 heteroatoms. The fraction of sp³-hybridized carbons (Fsp3) is 0.417. The van der Waals surface area contributed by atoms with Gasteiger partial charge in [-0.1, -0.05) is 38.0 Å². The molecular weight excluding hydrogens is 394 g/mol. The van der Waals surface area contributed by atoms with Crippen LogP contribution in [0.2, 0.25) is 0 Å². The Bertz CT molecular complexity index is 1100. The molecule has 0 aliphatic heterocycles. The minimum atomic E-state index is -0.249. The molecule has 0 fully saturated rings. The Morgan fingerprint density at radius 1 is 1.10 bits per heavy atom. The lowest BCUT2D eigenvalue weighted by atomic mass is 10.1. The number of nitrogens with zero attached hydrogens (tertiary/aromatic N) is 2. The van der Waals surface area contributed by atoms with Crippen molar-refractivity contribution in [2.45, 2.75) is 45.7 Å². The van der Waals surface area contributed by atoms with E-state index in [1.165, 1.54) is 4.57 Å². The van der Waals surface area contributed by atoms with E-state index in [0.717, 1.165) is 35.9 Å². The summed E-state index contributed by atoms with van der Waals surface area (Å²) in [6, 6.07) is 12.9. The maximum atomic E-state index is 12.7. The van der Waals surface area contributed by atoms with E-state index in [0.29, 0.717) is 18.1 Å². The van der Waals surface area contributed by atoms with Crippen molar-refractivity contribution in [3.63, 3.8) is 0 Å². The SMILES string of the molecule is CCCCCOc1ccc(C(C)NC(=O)Cn2c(=O)n(C)c3ccccc32)cc1OC. The Labute approximate surface area is 182 Å². The first-order chi connectivity index (χ1) is 15.0. The van der Waals surface area contributed by atoms with Gasteiger partial charge < -0.3 is 14.8 Å². The van der Waals surface area contributed by atoms with Crippen molar-refractivity contribution in [2.24, 2.45) is 7.05 Å². The molecule has 7 nitrogen and oxygen atoms in total. The molecule has 2 aromatic carbocycles. The van der Waals surface area contributed by atoms with Gasteiger partial charge in [-0.05, 0) is 43.2 Å². The first kappa shape index (κ1) is 22.5. The number of fused-ring (bicyclic) bond motifs is 1. The zero-order valence-electron chi connectivity index (χ0n) is 18.7. The molecule has 1 atom stereocenters. The predicted octanol–water partition coefficient (Wildman–Crippen LogP) is 3.80. The van der Waals surface area contributed by atoms with Crippen LogP contribution in [0.3, 0.4) is 0 Å².